The fourth-order valence-corrected chi connectivity index (χ4v) is 6.35. The van der Waals surface area contributed by atoms with Crippen LogP contribution in [-0.2, 0) is 4.79 Å². The van der Waals surface area contributed by atoms with Crippen LogP contribution >= 0.6 is 0 Å². The molecule has 0 heterocycles. The number of aliphatic hydroxyl groups is 1. The summed E-state index contributed by atoms with van der Waals surface area (Å²) in [6.45, 7) is 8.85. The summed E-state index contributed by atoms with van der Waals surface area (Å²) in [6.07, 6.45) is 9.35. The van der Waals surface area contributed by atoms with E-state index in [0.29, 0.717) is 23.5 Å². The van der Waals surface area contributed by atoms with Crippen LogP contribution < -0.4 is 0 Å². The zero-order chi connectivity index (χ0) is 15.7. The third-order valence-corrected chi connectivity index (χ3v) is 7.90. The molecule has 0 aromatic carbocycles. The molecule has 2 heteroatoms. The molecule has 1 N–H and O–H groups in total. The molecule has 0 radical (unpaired) electrons. The summed E-state index contributed by atoms with van der Waals surface area (Å²) in [5.41, 5.74) is 2.71. The molecule has 0 spiro atoms. The van der Waals surface area contributed by atoms with Gasteiger partial charge in [-0.25, -0.2) is 0 Å². The highest BCUT2D eigenvalue weighted by molar-refractivity contribution is 5.99. The molecule has 0 amide bonds. The van der Waals surface area contributed by atoms with Crippen molar-refractivity contribution in [3.8, 4) is 0 Å². The first-order valence-corrected chi connectivity index (χ1v) is 8.96. The number of Topliss-reactive ketones (excluding diaryl/α,β-unsaturated/α-hetero) is 1. The van der Waals surface area contributed by atoms with Crippen molar-refractivity contribution in [3.05, 3.63) is 23.8 Å². The third-order valence-electron chi connectivity index (χ3n) is 7.90. The Morgan fingerprint density at radius 1 is 1.14 bits per heavy atom. The smallest absolute Gasteiger partial charge is 0.159 e. The molecule has 0 aromatic rings. The lowest BCUT2D eigenvalue weighted by atomic mass is 9.48. The fraction of sp³-hybridized carbons (Fsp3) is 0.750. The van der Waals surface area contributed by atoms with Gasteiger partial charge in [-0.15, -0.1) is 0 Å². The predicted octanol–water partition coefficient (Wildman–Crippen LogP) is 4.05. The number of carbonyl (C=O) groups excluding carboxylic acids is 1. The van der Waals surface area contributed by atoms with Crippen molar-refractivity contribution in [3.63, 3.8) is 0 Å². The van der Waals surface area contributed by atoms with Gasteiger partial charge in [0.1, 0.15) is 0 Å². The number of fused-ring (bicyclic) bond motifs is 5. The fourth-order valence-electron chi connectivity index (χ4n) is 6.35. The van der Waals surface area contributed by atoms with Crippen molar-refractivity contribution in [1.82, 2.24) is 0 Å². The normalized spacial score (nSPS) is 51.0. The second kappa shape index (κ2) is 4.56. The highest BCUT2D eigenvalue weighted by Gasteiger charge is 2.58. The number of allylic oxidation sites excluding steroid dienone is 2. The second-order valence-electron chi connectivity index (χ2n) is 8.72. The minimum absolute atomic E-state index is 0.0497. The van der Waals surface area contributed by atoms with E-state index in [9.17, 15) is 9.90 Å². The van der Waals surface area contributed by atoms with E-state index < -0.39 is 0 Å². The van der Waals surface area contributed by atoms with Crippen molar-refractivity contribution in [2.24, 2.45) is 28.6 Å². The molecule has 3 saturated carbocycles. The van der Waals surface area contributed by atoms with E-state index in [0.717, 1.165) is 44.1 Å². The maximum absolute atomic E-state index is 12.3. The summed E-state index contributed by atoms with van der Waals surface area (Å²) in [5, 5.41) is 10.0. The van der Waals surface area contributed by atoms with Crippen LogP contribution in [0, 0.1) is 28.6 Å². The van der Waals surface area contributed by atoms with Gasteiger partial charge in [-0.3, -0.25) is 4.79 Å². The summed E-state index contributed by atoms with van der Waals surface area (Å²) in [6, 6.07) is 0. The third kappa shape index (κ3) is 1.73. The average molecular weight is 300 g/mol. The molecule has 6 atom stereocenters. The number of carbonyl (C=O) groups is 1. The van der Waals surface area contributed by atoms with Crippen LogP contribution in [0.15, 0.2) is 23.8 Å². The number of aliphatic hydroxyl groups excluding tert-OH is 1. The Kier molecular flexibility index (Phi) is 3.05. The molecular weight excluding hydrogens is 272 g/mol. The monoisotopic (exact) mass is 300 g/mol. The Labute approximate surface area is 133 Å². The van der Waals surface area contributed by atoms with Crippen LogP contribution in [0.25, 0.3) is 0 Å². The first-order valence-electron chi connectivity index (χ1n) is 8.96. The largest absolute Gasteiger partial charge is 0.393 e. The number of rotatable bonds is 0. The summed E-state index contributed by atoms with van der Waals surface area (Å²) < 4.78 is 0. The minimum Gasteiger partial charge on any atom is -0.393 e. The van der Waals surface area contributed by atoms with E-state index in [1.54, 1.807) is 0 Å². The summed E-state index contributed by atoms with van der Waals surface area (Å²) in [7, 11) is 0. The Morgan fingerprint density at radius 2 is 1.86 bits per heavy atom. The first-order chi connectivity index (χ1) is 10.4. The van der Waals surface area contributed by atoms with Crippen LogP contribution in [0.2, 0.25) is 0 Å². The lowest BCUT2D eigenvalue weighted by Crippen LogP contribution is -2.49. The number of hydrogen-bond acceptors (Lipinski definition) is 2. The molecule has 0 aliphatic heterocycles. The predicted molar refractivity (Wildman–Crippen MR) is 87.2 cm³/mol. The topological polar surface area (TPSA) is 37.3 Å². The van der Waals surface area contributed by atoms with Crippen LogP contribution in [-0.4, -0.2) is 17.0 Å². The van der Waals surface area contributed by atoms with Gasteiger partial charge >= 0.3 is 0 Å². The molecule has 4 aliphatic rings. The molecule has 3 fully saturated rings. The maximum atomic E-state index is 12.3. The van der Waals surface area contributed by atoms with Gasteiger partial charge in [0.25, 0.3) is 0 Å². The first kappa shape index (κ1) is 14.7. The molecule has 0 aromatic heterocycles. The Balaban J connectivity index is 1.71. The molecule has 0 saturated heterocycles. The van der Waals surface area contributed by atoms with Crippen LogP contribution in [0.4, 0.5) is 0 Å². The van der Waals surface area contributed by atoms with Gasteiger partial charge < -0.3 is 5.11 Å². The van der Waals surface area contributed by atoms with E-state index in [2.05, 4.69) is 26.5 Å². The van der Waals surface area contributed by atoms with Gasteiger partial charge in [0.05, 0.1) is 6.10 Å². The molecular formula is C20H28O2. The van der Waals surface area contributed by atoms with E-state index in [1.165, 1.54) is 12.0 Å². The van der Waals surface area contributed by atoms with Crippen molar-refractivity contribution in [1.29, 1.82) is 0 Å². The highest BCUT2D eigenvalue weighted by Crippen LogP contribution is 2.65. The summed E-state index contributed by atoms with van der Waals surface area (Å²) >= 11 is 0. The van der Waals surface area contributed by atoms with Crippen molar-refractivity contribution < 1.29 is 9.90 Å². The SMILES string of the molecule is C=C1C(=O)C[C@H]2[C@@H]3CC=C4C[C@@H](O)CC[C@]4(C)[C@H]3CC[C@]12C. The van der Waals surface area contributed by atoms with Gasteiger partial charge in [-0.1, -0.05) is 32.1 Å². The van der Waals surface area contributed by atoms with Crippen LogP contribution in [0.3, 0.4) is 0 Å². The van der Waals surface area contributed by atoms with Gasteiger partial charge in [-0.2, -0.15) is 0 Å². The molecule has 4 rings (SSSR count). The highest BCUT2D eigenvalue weighted by atomic mass is 16.3. The van der Waals surface area contributed by atoms with Gasteiger partial charge in [0.2, 0.25) is 0 Å². The van der Waals surface area contributed by atoms with E-state index in [1.807, 2.05) is 0 Å². The molecule has 4 aliphatic carbocycles. The zero-order valence-corrected chi connectivity index (χ0v) is 13.9. The van der Waals surface area contributed by atoms with E-state index >= 15 is 0 Å². The summed E-state index contributed by atoms with van der Waals surface area (Å²) in [4.78, 5) is 12.3. The van der Waals surface area contributed by atoms with E-state index in [4.69, 9.17) is 0 Å². The minimum atomic E-state index is -0.141. The Morgan fingerprint density at radius 3 is 2.64 bits per heavy atom. The van der Waals surface area contributed by atoms with Crippen molar-refractivity contribution in [2.75, 3.05) is 0 Å². The second-order valence-corrected chi connectivity index (χ2v) is 8.72. The van der Waals surface area contributed by atoms with Crippen molar-refractivity contribution in [2.45, 2.75) is 64.9 Å². The lowest BCUT2D eigenvalue weighted by molar-refractivity contribution is -0.115. The number of hydrogen-bond donors (Lipinski definition) is 1. The molecule has 22 heavy (non-hydrogen) atoms. The average Bonchev–Trinajstić information content (AvgIpc) is 2.72. The lowest BCUT2D eigenvalue weighted by Gasteiger charge is -2.57. The molecule has 0 unspecified atom stereocenters. The molecule has 2 nitrogen and oxygen atoms in total. The Bertz CT molecular complexity index is 574. The quantitative estimate of drug-likeness (QED) is 0.541. The van der Waals surface area contributed by atoms with Gasteiger partial charge in [-0.05, 0) is 72.7 Å². The maximum Gasteiger partial charge on any atom is 0.159 e. The number of ketones is 1. The van der Waals surface area contributed by atoms with E-state index in [-0.39, 0.29) is 16.9 Å². The van der Waals surface area contributed by atoms with Gasteiger partial charge in [0, 0.05) is 6.42 Å². The van der Waals surface area contributed by atoms with Crippen molar-refractivity contribution >= 4 is 5.78 Å². The van der Waals surface area contributed by atoms with Crippen LogP contribution in [0.1, 0.15) is 58.8 Å². The van der Waals surface area contributed by atoms with Gasteiger partial charge in [0.15, 0.2) is 5.78 Å². The summed E-state index contributed by atoms with van der Waals surface area (Å²) in [5.74, 6) is 2.13. The zero-order valence-electron chi connectivity index (χ0n) is 13.9. The van der Waals surface area contributed by atoms with Crippen LogP contribution in [0.5, 0.6) is 0 Å². The molecule has 0 bridgehead atoms. The Hall–Kier alpha value is -0.890. The molecule has 120 valence electrons. The standard InChI is InChI=1S/C20H28O2/c1-12-18(22)11-17-15-5-4-13-10-14(21)6-8-20(13,3)16(15)7-9-19(12,17)2/h4,14-17,21H,1,5-11H2,2-3H3/t14-,15+,16-,17-,19+,20-/m0/s1.